The Morgan fingerprint density at radius 3 is 3.00 bits per heavy atom. The van der Waals surface area contributed by atoms with Crippen LogP contribution in [0.5, 0.6) is 0 Å². The number of hydrogen-bond donors (Lipinski definition) is 1. The molecule has 1 unspecified atom stereocenters. The summed E-state index contributed by atoms with van der Waals surface area (Å²) in [4.78, 5) is 12.6. The summed E-state index contributed by atoms with van der Waals surface area (Å²) in [6.45, 7) is 1.83. The Bertz CT molecular complexity index is 553. The van der Waals surface area contributed by atoms with Gasteiger partial charge in [0.25, 0.3) is 5.69 Å². The molecule has 1 aliphatic heterocycles. The van der Waals surface area contributed by atoms with Gasteiger partial charge in [0.15, 0.2) is 0 Å². The van der Waals surface area contributed by atoms with Gasteiger partial charge >= 0.3 is 0 Å². The van der Waals surface area contributed by atoms with Crippen LogP contribution in [-0.2, 0) is 0 Å². The van der Waals surface area contributed by atoms with Crippen LogP contribution in [0.1, 0.15) is 31.2 Å². The van der Waals surface area contributed by atoms with Crippen molar-refractivity contribution in [3.8, 4) is 6.07 Å². The average molecular weight is 288 g/mol. The quantitative estimate of drug-likeness (QED) is 0.664. The average Bonchev–Trinajstić information content (AvgIpc) is 2.52. The Labute approximate surface area is 124 Å². The zero-order valence-corrected chi connectivity index (χ0v) is 12.2. The molecule has 2 rings (SSSR count). The molecule has 1 fully saturated rings. The molecule has 0 saturated carbocycles. The largest absolute Gasteiger partial charge is 0.367 e. The predicted molar refractivity (Wildman–Crippen MR) is 81.3 cm³/mol. The zero-order valence-electron chi connectivity index (χ0n) is 12.2. The van der Waals surface area contributed by atoms with Crippen LogP contribution < -0.4 is 10.2 Å². The van der Waals surface area contributed by atoms with Gasteiger partial charge < -0.3 is 10.2 Å². The van der Waals surface area contributed by atoms with Crippen molar-refractivity contribution in [2.24, 2.45) is 0 Å². The maximum absolute atomic E-state index is 10.8. The smallest absolute Gasteiger partial charge is 0.270 e. The minimum absolute atomic E-state index is 0.0286. The number of hydrogen-bond acceptors (Lipinski definition) is 5. The molecule has 1 atom stereocenters. The Morgan fingerprint density at radius 1 is 1.52 bits per heavy atom. The van der Waals surface area contributed by atoms with Gasteiger partial charge in [-0.05, 0) is 45.3 Å². The number of nitro groups is 1. The first kappa shape index (κ1) is 15.3. The van der Waals surface area contributed by atoms with E-state index in [1.807, 2.05) is 7.05 Å². The number of benzene rings is 1. The lowest BCUT2D eigenvalue weighted by Crippen LogP contribution is -2.41. The number of nitro benzene ring substituents is 1. The normalized spacial score (nSPS) is 18.3. The van der Waals surface area contributed by atoms with Gasteiger partial charge in [-0.2, -0.15) is 5.26 Å². The number of nitrogens with zero attached hydrogens (tertiary/aromatic N) is 3. The van der Waals surface area contributed by atoms with Crippen LogP contribution in [0, 0.1) is 21.4 Å². The van der Waals surface area contributed by atoms with Gasteiger partial charge in [0.2, 0.25) is 0 Å². The second kappa shape index (κ2) is 7.04. The second-order valence-electron chi connectivity index (χ2n) is 5.31. The van der Waals surface area contributed by atoms with Gasteiger partial charge in [0, 0.05) is 24.7 Å². The number of anilines is 1. The molecule has 1 aliphatic rings. The van der Waals surface area contributed by atoms with Crippen molar-refractivity contribution in [2.45, 2.75) is 31.7 Å². The summed E-state index contributed by atoms with van der Waals surface area (Å²) in [6, 6.07) is 7.07. The Balaban J connectivity index is 2.29. The third kappa shape index (κ3) is 3.50. The lowest BCUT2D eigenvalue weighted by molar-refractivity contribution is -0.384. The molecule has 6 heteroatoms. The van der Waals surface area contributed by atoms with E-state index in [-0.39, 0.29) is 5.69 Å². The molecule has 21 heavy (non-hydrogen) atoms. The first-order chi connectivity index (χ1) is 10.2. The minimum atomic E-state index is -0.459. The fourth-order valence-electron chi connectivity index (χ4n) is 2.91. The van der Waals surface area contributed by atoms with Gasteiger partial charge in [-0.3, -0.25) is 10.1 Å². The Hall–Kier alpha value is -2.13. The number of rotatable bonds is 5. The summed E-state index contributed by atoms with van der Waals surface area (Å²) in [5.74, 6) is 0. The van der Waals surface area contributed by atoms with E-state index in [9.17, 15) is 15.4 Å². The van der Waals surface area contributed by atoms with E-state index in [4.69, 9.17) is 0 Å². The Morgan fingerprint density at radius 2 is 2.33 bits per heavy atom. The highest BCUT2D eigenvalue weighted by Crippen LogP contribution is 2.31. The van der Waals surface area contributed by atoms with E-state index in [2.05, 4.69) is 16.3 Å². The van der Waals surface area contributed by atoms with Crippen LogP contribution in [0.3, 0.4) is 0 Å². The van der Waals surface area contributed by atoms with E-state index in [0.29, 0.717) is 11.6 Å². The summed E-state index contributed by atoms with van der Waals surface area (Å²) in [7, 11) is 1.93. The van der Waals surface area contributed by atoms with Crippen molar-refractivity contribution >= 4 is 11.4 Å². The summed E-state index contributed by atoms with van der Waals surface area (Å²) in [6.07, 6.45) is 4.40. The van der Waals surface area contributed by atoms with Gasteiger partial charge in [-0.1, -0.05) is 0 Å². The molecule has 6 nitrogen and oxygen atoms in total. The SMILES string of the molecule is CNCCC1CCCCN1c1ccc([N+](=O)[O-])cc1C#N. The molecular formula is C15H20N4O2. The highest BCUT2D eigenvalue weighted by atomic mass is 16.6. The standard InChI is InChI=1S/C15H20N4O2/c1-17-8-7-13-4-2-3-9-18(13)15-6-5-14(19(20)21)10-12(15)11-16/h5-6,10,13,17H,2-4,7-9H2,1H3. The molecule has 1 heterocycles. The number of nitriles is 1. The zero-order chi connectivity index (χ0) is 15.2. The molecule has 0 bridgehead atoms. The van der Waals surface area contributed by atoms with E-state index in [0.717, 1.165) is 38.0 Å². The van der Waals surface area contributed by atoms with Crippen molar-refractivity contribution in [1.82, 2.24) is 5.32 Å². The van der Waals surface area contributed by atoms with Gasteiger partial charge in [0.05, 0.1) is 16.2 Å². The molecule has 0 spiro atoms. The van der Waals surface area contributed by atoms with Gasteiger partial charge in [-0.25, -0.2) is 0 Å². The molecule has 0 aliphatic carbocycles. The fourth-order valence-corrected chi connectivity index (χ4v) is 2.91. The lowest BCUT2D eigenvalue weighted by atomic mass is 9.97. The highest BCUT2D eigenvalue weighted by Gasteiger charge is 2.25. The van der Waals surface area contributed by atoms with E-state index in [1.165, 1.54) is 18.6 Å². The molecule has 0 aromatic heterocycles. The molecule has 1 N–H and O–H groups in total. The molecule has 0 amide bonds. The topological polar surface area (TPSA) is 82.2 Å². The van der Waals surface area contributed by atoms with Crippen LogP contribution in [-0.4, -0.2) is 31.1 Å². The van der Waals surface area contributed by atoms with Crippen molar-refractivity contribution < 1.29 is 4.92 Å². The summed E-state index contributed by atoms with van der Waals surface area (Å²) >= 11 is 0. The van der Waals surface area contributed by atoms with Crippen LogP contribution >= 0.6 is 0 Å². The first-order valence-electron chi connectivity index (χ1n) is 7.27. The first-order valence-corrected chi connectivity index (χ1v) is 7.27. The summed E-state index contributed by atoms with van der Waals surface area (Å²) in [5, 5.41) is 23.3. The molecule has 0 radical (unpaired) electrons. The van der Waals surface area contributed by atoms with E-state index in [1.54, 1.807) is 6.07 Å². The number of nitrogens with one attached hydrogen (secondary N) is 1. The van der Waals surface area contributed by atoms with E-state index >= 15 is 0 Å². The second-order valence-corrected chi connectivity index (χ2v) is 5.31. The van der Waals surface area contributed by atoms with Crippen LogP contribution in [0.4, 0.5) is 11.4 Å². The number of piperidine rings is 1. The van der Waals surface area contributed by atoms with Crippen molar-refractivity contribution in [2.75, 3.05) is 25.0 Å². The number of non-ortho nitro benzene ring substituents is 1. The van der Waals surface area contributed by atoms with Crippen LogP contribution in [0.2, 0.25) is 0 Å². The highest BCUT2D eigenvalue weighted by molar-refractivity contribution is 5.63. The van der Waals surface area contributed by atoms with Crippen LogP contribution in [0.25, 0.3) is 0 Å². The third-order valence-electron chi connectivity index (χ3n) is 3.98. The maximum atomic E-state index is 10.8. The lowest BCUT2D eigenvalue weighted by Gasteiger charge is -2.38. The van der Waals surface area contributed by atoms with Gasteiger partial charge in [0.1, 0.15) is 6.07 Å². The predicted octanol–water partition coefficient (Wildman–Crippen LogP) is 2.43. The molecular weight excluding hydrogens is 268 g/mol. The van der Waals surface area contributed by atoms with Crippen molar-refractivity contribution in [1.29, 1.82) is 5.26 Å². The molecule has 1 saturated heterocycles. The van der Waals surface area contributed by atoms with E-state index < -0.39 is 4.92 Å². The molecule has 1 aromatic rings. The molecule has 112 valence electrons. The maximum Gasteiger partial charge on any atom is 0.270 e. The van der Waals surface area contributed by atoms with Crippen LogP contribution in [0.15, 0.2) is 18.2 Å². The monoisotopic (exact) mass is 288 g/mol. The minimum Gasteiger partial charge on any atom is -0.367 e. The summed E-state index contributed by atoms with van der Waals surface area (Å²) in [5.41, 5.74) is 1.18. The van der Waals surface area contributed by atoms with Crippen molar-refractivity contribution in [3.63, 3.8) is 0 Å². The van der Waals surface area contributed by atoms with Gasteiger partial charge in [-0.15, -0.1) is 0 Å². The fraction of sp³-hybridized carbons (Fsp3) is 0.533. The molecule has 1 aromatic carbocycles. The third-order valence-corrected chi connectivity index (χ3v) is 3.98. The Kier molecular flexibility index (Phi) is 5.12. The van der Waals surface area contributed by atoms with Crippen molar-refractivity contribution in [3.05, 3.63) is 33.9 Å². The summed E-state index contributed by atoms with van der Waals surface area (Å²) < 4.78 is 0.